The molecule has 0 aromatic heterocycles. The van der Waals surface area contributed by atoms with E-state index >= 15 is 0 Å². The second-order valence-electron chi connectivity index (χ2n) is 10.2. The lowest BCUT2D eigenvalue weighted by molar-refractivity contribution is 0.128. The van der Waals surface area contributed by atoms with Gasteiger partial charge in [-0.2, -0.15) is 0 Å². The van der Waals surface area contributed by atoms with Crippen molar-refractivity contribution in [3.63, 3.8) is 0 Å². The Morgan fingerprint density at radius 2 is 1.31 bits per heavy atom. The molecule has 1 fully saturated rings. The van der Waals surface area contributed by atoms with Gasteiger partial charge in [0, 0.05) is 11.1 Å². The Morgan fingerprint density at radius 1 is 0.759 bits per heavy atom. The number of hydrogen-bond acceptors (Lipinski definition) is 1. The third kappa shape index (κ3) is 4.90. The van der Waals surface area contributed by atoms with Gasteiger partial charge in [-0.1, -0.05) is 54.6 Å². The molecule has 29 heavy (non-hydrogen) atoms. The zero-order valence-electron chi connectivity index (χ0n) is 18.3. The van der Waals surface area contributed by atoms with Gasteiger partial charge in [0.2, 0.25) is 0 Å². The minimum absolute atomic E-state index is 0.216. The summed E-state index contributed by atoms with van der Waals surface area (Å²) in [6.45, 7) is 9.36. The first-order valence-electron chi connectivity index (χ1n) is 10.8. The molecule has 0 radical (unpaired) electrons. The Hall–Kier alpha value is -1.69. The van der Waals surface area contributed by atoms with Crippen molar-refractivity contribution in [3.8, 4) is 11.1 Å². The molecule has 1 unspecified atom stereocenters. The van der Waals surface area contributed by atoms with Gasteiger partial charge >= 0.3 is 0 Å². The van der Waals surface area contributed by atoms with Crippen LogP contribution in [0.25, 0.3) is 21.9 Å². The van der Waals surface area contributed by atoms with Crippen LogP contribution in [0.1, 0.15) is 51.7 Å². The van der Waals surface area contributed by atoms with Gasteiger partial charge in [0.05, 0.1) is 0 Å². The van der Waals surface area contributed by atoms with Crippen LogP contribution in [0.2, 0.25) is 0 Å². The summed E-state index contributed by atoms with van der Waals surface area (Å²) in [5.74, 6) is 0.735. The Labute approximate surface area is 178 Å². The number of nitrogens with one attached hydrogen (secondary N) is 1. The van der Waals surface area contributed by atoms with E-state index in [0.717, 1.165) is 12.1 Å². The first-order chi connectivity index (χ1) is 13.7. The first kappa shape index (κ1) is 20.6. The van der Waals surface area contributed by atoms with Crippen molar-refractivity contribution < 1.29 is 0 Å². The highest BCUT2D eigenvalue weighted by Crippen LogP contribution is 2.35. The fraction of sp³-hybridized carbons (Fsp3) is 0.407. The maximum Gasteiger partial charge on any atom is 0.0132 e. The van der Waals surface area contributed by atoms with Crippen LogP contribution in [-0.4, -0.2) is 11.1 Å². The molecule has 0 spiro atoms. The van der Waals surface area contributed by atoms with Crippen LogP contribution in [-0.2, 0) is 12.6 Å². The Balaban J connectivity index is 1.51. The molecule has 1 atom stereocenters. The molecule has 0 amide bonds. The van der Waals surface area contributed by atoms with Gasteiger partial charge in [-0.25, -0.2) is 0 Å². The highest BCUT2D eigenvalue weighted by Gasteiger charge is 2.37. The fourth-order valence-electron chi connectivity index (χ4n) is 5.45. The van der Waals surface area contributed by atoms with Gasteiger partial charge in [-0.15, -0.1) is 9.24 Å². The average Bonchev–Trinajstić information content (AvgIpc) is 2.65. The van der Waals surface area contributed by atoms with E-state index in [9.17, 15) is 0 Å². The molecule has 1 saturated heterocycles. The van der Waals surface area contributed by atoms with Crippen LogP contribution < -0.4 is 5.32 Å². The van der Waals surface area contributed by atoms with Gasteiger partial charge in [-0.3, -0.25) is 0 Å². The van der Waals surface area contributed by atoms with E-state index in [0.29, 0.717) is 0 Å². The maximum atomic E-state index is 3.80. The van der Waals surface area contributed by atoms with E-state index in [-0.39, 0.29) is 11.1 Å². The second kappa shape index (κ2) is 7.86. The molecule has 2 heteroatoms. The Kier molecular flexibility index (Phi) is 5.58. The number of benzene rings is 3. The summed E-state index contributed by atoms with van der Waals surface area (Å²) in [6, 6.07) is 22.8. The minimum Gasteiger partial charge on any atom is -0.307 e. The number of piperidine rings is 1. The lowest BCUT2D eigenvalue weighted by atomic mass is 9.74. The molecule has 0 aliphatic carbocycles. The largest absolute Gasteiger partial charge is 0.307 e. The van der Waals surface area contributed by atoms with Crippen molar-refractivity contribution in [2.45, 2.75) is 64.2 Å². The van der Waals surface area contributed by atoms with Crippen LogP contribution in [0.5, 0.6) is 0 Å². The molecule has 3 aromatic rings. The van der Waals surface area contributed by atoms with E-state index in [1.54, 1.807) is 0 Å². The molecule has 1 N–H and O–H groups in total. The zero-order valence-corrected chi connectivity index (χ0v) is 19.4. The summed E-state index contributed by atoms with van der Waals surface area (Å²) < 4.78 is 0. The van der Waals surface area contributed by atoms with Crippen molar-refractivity contribution in [1.82, 2.24) is 5.32 Å². The van der Waals surface area contributed by atoms with Crippen LogP contribution >= 0.6 is 9.24 Å². The molecule has 3 aromatic carbocycles. The minimum atomic E-state index is 0.216. The van der Waals surface area contributed by atoms with Gasteiger partial charge in [0.1, 0.15) is 0 Å². The van der Waals surface area contributed by atoms with Crippen molar-refractivity contribution >= 4 is 20.0 Å². The third-order valence-electron chi connectivity index (χ3n) is 6.23. The van der Waals surface area contributed by atoms with Crippen molar-refractivity contribution in [2.75, 3.05) is 0 Å². The quantitative estimate of drug-likeness (QED) is 0.463. The van der Waals surface area contributed by atoms with E-state index in [2.05, 4.69) is 103 Å². The van der Waals surface area contributed by atoms with Crippen molar-refractivity contribution in [3.05, 3.63) is 71.8 Å². The molecule has 1 aliphatic rings. The van der Waals surface area contributed by atoms with Crippen LogP contribution in [0, 0.1) is 5.92 Å². The normalized spacial score (nSPS) is 18.8. The van der Waals surface area contributed by atoms with E-state index in [1.165, 1.54) is 52.3 Å². The van der Waals surface area contributed by atoms with Gasteiger partial charge in [-0.05, 0) is 98.1 Å². The van der Waals surface area contributed by atoms with Crippen LogP contribution in [0.3, 0.4) is 0 Å². The lowest BCUT2D eigenvalue weighted by Gasteiger charge is -2.46. The molecular formula is C27H34NP. The predicted octanol–water partition coefficient (Wildman–Crippen LogP) is 6.98. The highest BCUT2D eigenvalue weighted by atomic mass is 31.0. The molecule has 1 heterocycles. The van der Waals surface area contributed by atoms with Gasteiger partial charge < -0.3 is 5.32 Å². The van der Waals surface area contributed by atoms with Gasteiger partial charge in [0.25, 0.3) is 0 Å². The zero-order chi connectivity index (χ0) is 20.6. The Morgan fingerprint density at radius 3 is 1.97 bits per heavy atom. The molecule has 1 nitrogen and oxygen atoms in total. The smallest absolute Gasteiger partial charge is 0.0132 e. The van der Waals surface area contributed by atoms with E-state index < -0.39 is 0 Å². The average molecular weight is 404 g/mol. The fourth-order valence-corrected chi connectivity index (χ4v) is 5.70. The monoisotopic (exact) mass is 403 g/mol. The van der Waals surface area contributed by atoms with Crippen molar-refractivity contribution in [1.29, 1.82) is 0 Å². The van der Waals surface area contributed by atoms with Crippen LogP contribution in [0.15, 0.2) is 60.7 Å². The summed E-state index contributed by atoms with van der Waals surface area (Å²) in [5.41, 5.74) is 5.85. The van der Waals surface area contributed by atoms with E-state index in [4.69, 9.17) is 0 Å². The Bertz CT molecular complexity index is 985. The number of rotatable bonds is 4. The van der Waals surface area contributed by atoms with Gasteiger partial charge in [0.15, 0.2) is 0 Å². The SMILES string of the molecule is CC1(C)CC(Cc2ccc(-c3ccc4cc(CP)ccc4c3)cc2)CC(C)(C)N1. The molecular weight excluding hydrogens is 369 g/mol. The number of fused-ring (bicyclic) bond motifs is 1. The highest BCUT2D eigenvalue weighted by molar-refractivity contribution is 7.15. The van der Waals surface area contributed by atoms with E-state index in [1.807, 2.05) is 0 Å². The molecule has 4 rings (SSSR count). The molecule has 1 aliphatic heterocycles. The summed E-state index contributed by atoms with van der Waals surface area (Å²) in [5, 5.41) is 6.43. The molecule has 0 bridgehead atoms. The third-order valence-corrected chi connectivity index (χ3v) is 6.70. The first-order valence-corrected chi connectivity index (χ1v) is 11.7. The molecule has 152 valence electrons. The topological polar surface area (TPSA) is 12.0 Å². The lowest BCUT2D eigenvalue weighted by Crippen LogP contribution is -2.58. The van der Waals surface area contributed by atoms with Crippen molar-refractivity contribution in [2.24, 2.45) is 5.92 Å². The van der Waals surface area contributed by atoms with Crippen LogP contribution in [0.4, 0.5) is 0 Å². The summed E-state index contributed by atoms with van der Waals surface area (Å²) >= 11 is 0. The second-order valence-corrected chi connectivity index (χ2v) is 10.6. The number of hydrogen-bond donors (Lipinski definition) is 1. The summed E-state index contributed by atoms with van der Waals surface area (Å²) in [4.78, 5) is 0. The summed E-state index contributed by atoms with van der Waals surface area (Å²) in [7, 11) is 2.80. The standard InChI is InChI=1S/C27H34NP/c1-26(2)16-21(17-27(3,4)28-26)13-19-5-8-22(9-6-19)24-12-11-23-14-20(18-29)7-10-25(23)15-24/h5-12,14-15,21,28H,13,16-18,29H2,1-4H3. The maximum absolute atomic E-state index is 3.80. The molecule has 0 saturated carbocycles. The predicted molar refractivity (Wildman–Crippen MR) is 131 cm³/mol. The summed E-state index contributed by atoms with van der Waals surface area (Å²) in [6.07, 6.45) is 4.65.